The summed E-state index contributed by atoms with van der Waals surface area (Å²) in [4.78, 5) is 28.3. The third-order valence-electron chi connectivity index (χ3n) is 4.05. The predicted octanol–water partition coefficient (Wildman–Crippen LogP) is 1.38. The van der Waals surface area contributed by atoms with Crippen molar-refractivity contribution in [3.8, 4) is 0 Å². The lowest BCUT2D eigenvalue weighted by atomic mass is 9.86. The number of amides is 2. The number of carbonyl (C=O) groups excluding carboxylic acids is 2. The van der Waals surface area contributed by atoms with Crippen molar-refractivity contribution in [1.82, 2.24) is 10.2 Å². The molecule has 0 atom stereocenters. The number of fused-ring (bicyclic) bond motifs is 1. The molecule has 1 N–H and O–H groups in total. The van der Waals surface area contributed by atoms with E-state index in [0.717, 1.165) is 24.2 Å². The number of anilines is 1. The Morgan fingerprint density at radius 3 is 2.64 bits per heavy atom. The van der Waals surface area contributed by atoms with Crippen molar-refractivity contribution in [1.29, 1.82) is 0 Å². The minimum atomic E-state index is -0.568. The number of rotatable bonds is 6. The fraction of sp³-hybridized carbons (Fsp3) is 0.529. The highest BCUT2D eigenvalue weighted by Gasteiger charge is 2.43. The van der Waals surface area contributed by atoms with Crippen LogP contribution in [0, 0.1) is 0 Å². The monoisotopic (exact) mass is 303 g/mol. The molecule has 0 fully saturated rings. The lowest BCUT2D eigenvalue weighted by Crippen LogP contribution is -2.43. The first-order valence-electron chi connectivity index (χ1n) is 7.67. The second-order valence-electron chi connectivity index (χ2n) is 6.54. The van der Waals surface area contributed by atoms with Gasteiger partial charge in [-0.1, -0.05) is 18.2 Å². The molecule has 0 saturated heterocycles. The molecule has 1 aromatic rings. The molecule has 0 aromatic heterocycles. The van der Waals surface area contributed by atoms with Crippen molar-refractivity contribution in [2.45, 2.75) is 25.7 Å². The minimum absolute atomic E-state index is 0.0165. The van der Waals surface area contributed by atoms with Crippen LogP contribution in [-0.2, 0) is 15.0 Å². The van der Waals surface area contributed by atoms with Gasteiger partial charge in [0, 0.05) is 12.2 Å². The Bertz CT molecular complexity index is 567. The van der Waals surface area contributed by atoms with Crippen LogP contribution in [0.5, 0.6) is 0 Å². The number of benzene rings is 1. The molecule has 2 rings (SSSR count). The lowest BCUT2D eigenvalue weighted by molar-refractivity contribution is -0.125. The first kappa shape index (κ1) is 16.5. The van der Waals surface area contributed by atoms with Gasteiger partial charge >= 0.3 is 0 Å². The molecule has 5 nitrogen and oxygen atoms in total. The van der Waals surface area contributed by atoms with Crippen LogP contribution in [0.1, 0.15) is 25.8 Å². The Hall–Kier alpha value is -1.88. The molecule has 1 aliphatic rings. The van der Waals surface area contributed by atoms with Gasteiger partial charge in [0.2, 0.25) is 11.8 Å². The SMILES string of the molecule is CN(C)CCCNC(=O)CN1C(=O)C(C)(C)c2ccccc21. The van der Waals surface area contributed by atoms with E-state index in [0.29, 0.717) is 6.54 Å². The highest BCUT2D eigenvalue weighted by atomic mass is 16.2. The van der Waals surface area contributed by atoms with E-state index in [1.165, 1.54) is 0 Å². The standard InChI is InChI=1S/C17H25N3O2/c1-17(2)13-8-5-6-9-14(13)20(16(17)22)12-15(21)18-10-7-11-19(3)4/h5-6,8-9H,7,10-12H2,1-4H3,(H,18,21). The number of nitrogens with one attached hydrogen (secondary N) is 1. The zero-order valence-electron chi connectivity index (χ0n) is 13.8. The topological polar surface area (TPSA) is 52.7 Å². The van der Waals surface area contributed by atoms with Crippen LogP contribution >= 0.6 is 0 Å². The van der Waals surface area contributed by atoms with Crippen molar-refractivity contribution >= 4 is 17.5 Å². The van der Waals surface area contributed by atoms with E-state index in [9.17, 15) is 9.59 Å². The zero-order chi connectivity index (χ0) is 16.3. The molecular formula is C17H25N3O2. The molecular weight excluding hydrogens is 278 g/mol. The van der Waals surface area contributed by atoms with Crippen LogP contribution in [0.15, 0.2) is 24.3 Å². The van der Waals surface area contributed by atoms with E-state index in [1.807, 2.05) is 52.2 Å². The van der Waals surface area contributed by atoms with E-state index in [2.05, 4.69) is 10.2 Å². The zero-order valence-corrected chi connectivity index (χ0v) is 13.8. The van der Waals surface area contributed by atoms with Crippen LogP contribution in [0.25, 0.3) is 0 Å². The molecule has 1 heterocycles. The maximum absolute atomic E-state index is 12.6. The molecule has 2 amide bonds. The highest BCUT2D eigenvalue weighted by molar-refractivity contribution is 6.10. The van der Waals surface area contributed by atoms with Gasteiger partial charge in [0.1, 0.15) is 6.54 Å². The number of hydrogen-bond acceptors (Lipinski definition) is 3. The molecule has 1 aromatic carbocycles. The summed E-state index contributed by atoms with van der Waals surface area (Å²) >= 11 is 0. The van der Waals surface area contributed by atoms with Gasteiger partial charge in [-0.05, 0) is 52.5 Å². The molecule has 1 aliphatic heterocycles. The minimum Gasteiger partial charge on any atom is -0.355 e. The van der Waals surface area contributed by atoms with Crippen molar-refractivity contribution in [2.24, 2.45) is 0 Å². The van der Waals surface area contributed by atoms with Gasteiger partial charge in [-0.15, -0.1) is 0 Å². The van der Waals surface area contributed by atoms with Crippen molar-refractivity contribution in [3.05, 3.63) is 29.8 Å². The molecule has 0 bridgehead atoms. The van der Waals surface area contributed by atoms with E-state index < -0.39 is 5.41 Å². The molecule has 0 aliphatic carbocycles. The average molecular weight is 303 g/mol. The normalized spacial score (nSPS) is 16.0. The van der Waals surface area contributed by atoms with Gasteiger partial charge in [0.25, 0.3) is 0 Å². The largest absolute Gasteiger partial charge is 0.355 e. The summed E-state index contributed by atoms with van der Waals surface area (Å²) in [6, 6.07) is 7.69. The molecule has 0 saturated carbocycles. The number of para-hydroxylation sites is 1. The summed E-state index contributed by atoms with van der Waals surface area (Å²) in [7, 11) is 4.01. The van der Waals surface area contributed by atoms with Gasteiger partial charge in [0.15, 0.2) is 0 Å². The van der Waals surface area contributed by atoms with Gasteiger partial charge in [0.05, 0.1) is 5.41 Å². The summed E-state index contributed by atoms with van der Waals surface area (Å²) in [5.74, 6) is -0.128. The molecule has 120 valence electrons. The molecule has 0 spiro atoms. The highest BCUT2D eigenvalue weighted by Crippen LogP contribution is 2.40. The van der Waals surface area contributed by atoms with E-state index in [1.54, 1.807) is 4.90 Å². The van der Waals surface area contributed by atoms with Crippen molar-refractivity contribution in [3.63, 3.8) is 0 Å². The summed E-state index contributed by atoms with van der Waals surface area (Å²) in [6.45, 7) is 5.45. The van der Waals surface area contributed by atoms with Crippen LogP contribution < -0.4 is 10.2 Å². The fourth-order valence-electron chi connectivity index (χ4n) is 2.78. The Balaban J connectivity index is 1.98. The van der Waals surface area contributed by atoms with Gasteiger partial charge in [-0.2, -0.15) is 0 Å². The number of hydrogen-bond donors (Lipinski definition) is 1. The van der Waals surface area contributed by atoms with E-state index in [-0.39, 0.29) is 18.4 Å². The third kappa shape index (κ3) is 3.30. The first-order valence-corrected chi connectivity index (χ1v) is 7.67. The van der Waals surface area contributed by atoms with Gasteiger partial charge in [-0.3, -0.25) is 9.59 Å². The van der Waals surface area contributed by atoms with Crippen LogP contribution in [0.4, 0.5) is 5.69 Å². The van der Waals surface area contributed by atoms with Crippen molar-refractivity contribution < 1.29 is 9.59 Å². The maximum atomic E-state index is 12.6. The predicted molar refractivity (Wildman–Crippen MR) is 88.0 cm³/mol. The lowest BCUT2D eigenvalue weighted by Gasteiger charge is -2.20. The Kier molecular flexibility index (Phi) is 4.86. The maximum Gasteiger partial charge on any atom is 0.240 e. The summed E-state index contributed by atoms with van der Waals surface area (Å²) in [5, 5.41) is 2.88. The molecule has 5 heteroatoms. The van der Waals surface area contributed by atoms with Crippen molar-refractivity contribution in [2.75, 3.05) is 38.6 Å². The second-order valence-corrected chi connectivity index (χ2v) is 6.54. The Labute approximate surface area is 132 Å². The number of carbonyl (C=O) groups is 2. The fourth-order valence-corrected chi connectivity index (χ4v) is 2.78. The van der Waals surface area contributed by atoms with Gasteiger partial charge < -0.3 is 15.1 Å². The second kappa shape index (κ2) is 6.48. The summed E-state index contributed by atoms with van der Waals surface area (Å²) in [6.07, 6.45) is 0.898. The van der Waals surface area contributed by atoms with E-state index >= 15 is 0 Å². The van der Waals surface area contributed by atoms with Gasteiger partial charge in [-0.25, -0.2) is 0 Å². The van der Waals surface area contributed by atoms with Crippen LogP contribution in [-0.4, -0.2) is 50.4 Å². The van der Waals surface area contributed by atoms with Crippen LogP contribution in [0.3, 0.4) is 0 Å². The molecule has 22 heavy (non-hydrogen) atoms. The van der Waals surface area contributed by atoms with E-state index in [4.69, 9.17) is 0 Å². The smallest absolute Gasteiger partial charge is 0.240 e. The molecule has 0 unspecified atom stereocenters. The molecule has 0 radical (unpaired) electrons. The summed E-state index contributed by atoms with van der Waals surface area (Å²) < 4.78 is 0. The summed E-state index contributed by atoms with van der Waals surface area (Å²) in [5.41, 5.74) is 1.27. The third-order valence-corrected chi connectivity index (χ3v) is 4.05. The Morgan fingerprint density at radius 2 is 1.95 bits per heavy atom. The quantitative estimate of drug-likeness (QED) is 0.808. The number of nitrogens with zero attached hydrogens (tertiary/aromatic N) is 2. The van der Waals surface area contributed by atoms with Crippen LogP contribution in [0.2, 0.25) is 0 Å². The first-order chi connectivity index (χ1) is 10.3. The Morgan fingerprint density at radius 1 is 1.27 bits per heavy atom. The average Bonchev–Trinajstić information content (AvgIpc) is 2.65.